The highest BCUT2D eigenvalue weighted by Crippen LogP contribution is 2.24. The molecule has 0 heterocycles. The second kappa shape index (κ2) is 8.00. The highest BCUT2D eigenvalue weighted by Gasteiger charge is 2.26. The second-order valence-corrected chi connectivity index (χ2v) is 5.81. The summed E-state index contributed by atoms with van der Waals surface area (Å²) in [6.07, 6.45) is -2.69. The van der Waals surface area contributed by atoms with E-state index >= 15 is 0 Å². The number of benzene rings is 2. The number of amides is 1. The zero-order valence-electron chi connectivity index (χ0n) is 12.6. The molecule has 130 valence electrons. The lowest BCUT2D eigenvalue weighted by Gasteiger charge is -2.17. The van der Waals surface area contributed by atoms with Crippen LogP contribution >= 0.6 is 23.2 Å². The number of aliphatic carboxylic acids is 1. The number of hydrogen-bond acceptors (Lipinski definition) is 3. The molecule has 0 aliphatic rings. The van der Waals surface area contributed by atoms with Crippen molar-refractivity contribution in [3.63, 3.8) is 0 Å². The van der Waals surface area contributed by atoms with Crippen LogP contribution in [0.1, 0.15) is 5.56 Å². The minimum Gasteiger partial charge on any atom is -0.478 e. The first-order valence-electron chi connectivity index (χ1n) is 6.87. The van der Waals surface area contributed by atoms with Crippen molar-refractivity contribution in [1.82, 2.24) is 0 Å². The van der Waals surface area contributed by atoms with Gasteiger partial charge in [-0.1, -0.05) is 41.9 Å². The van der Waals surface area contributed by atoms with Crippen molar-refractivity contribution in [3.8, 4) is 0 Å². The molecule has 1 atom stereocenters. The molecule has 25 heavy (non-hydrogen) atoms. The van der Waals surface area contributed by atoms with Crippen molar-refractivity contribution < 1.29 is 23.8 Å². The molecule has 2 N–H and O–H groups in total. The zero-order valence-corrected chi connectivity index (χ0v) is 14.1. The van der Waals surface area contributed by atoms with Crippen molar-refractivity contribution in [1.29, 1.82) is 0 Å². The van der Waals surface area contributed by atoms with E-state index in [4.69, 9.17) is 27.9 Å². The van der Waals surface area contributed by atoms with Crippen molar-refractivity contribution in [2.75, 3.05) is 5.32 Å². The van der Waals surface area contributed by atoms with Gasteiger partial charge in [-0.3, -0.25) is 5.32 Å². The summed E-state index contributed by atoms with van der Waals surface area (Å²) in [5, 5.41) is 12.2. The Balaban J connectivity index is 2.12. The highest BCUT2D eigenvalue weighted by atomic mass is 35.5. The normalized spacial score (nSPS) is 11.5. The Morgan fingerprint density at radius 1 is 1.12 bits per heavy atom. The lowest BCUT2D eigenvalue weighted by molar-refractivity contribution is -0.143. The highest BCUT2D eigenvalue weighted by molar-refractivity contribution is 6.35. The molecule has 5 nitrogen and oxygen atoms in total. The summed E-state index contributed by atoms with van der Waals surface area (Å²) in [5.41, 5.74) is 0.554. The Morgan fingerprint density at radius 2 is 1.68 bits per heavy atom. The van der Waals surface area contributed by atoms with Gasteiger partial charge in [0.2, 0.25) is 6.10 Å². The molecule has 0 aromatic heterocycles. The second-order valence-electron chi connectivity index (χ2n) is 4.94. The molecule has 2 aromatic carbocycles. The zero-order chi connectivity index (χ0) is 18.6. The van der Waals surface area contributed by atoms with Gasteiger partial charge in [0.15, 0.2) is 0 Å². The average molecular weight is 384 g/mol. The maximum Gasteiger partial charge on any atom is 0.412 e. The van der Waals surface area contributed by atoms with E-state index in [0.29, 0.717) is 5.56 Å². The number of carbonyl (C=O) groups is 2. The van der Waals surface area contributed by atoms with Gasteiger partial charge in [0, 0.05) is 21.3 Å². The number of carboxylic acid groups (broad SMARTS) is 1. The van der Waals surface area contributed by atoms with Crippen LogP contribution in [-0.2, 0) is 9.53 Å². The summed E-state index contributed by atoms with van der Waals surface area (Å²) < 4.78 is 17.9. The van der Waals surface area contributed by atoms with Crippen molar-refractivity contribution in [3.05, 3.63) is 70.5 Å². The van der Waals surface area contributed by atoms with Gasteiger partial charge in [-0.25, -0.2) is 14.0 Å². The SMILES string of the molecule is C=C(c1ccc(F)cc1)C(OC(=O)Nc1cc(Cl)cc(Cl)c1)C(=O)O. The molecule has 0 aliphatic carbocycles. The third kappa shape index (κ3) is 5.20. The van der Waals surface area contributed by atoms with Gasteiger partial charge in [0.1, 0.15) is 5.82 Å². The third-order valence-electron chi connectivity index (χ3n) is 3.09. The first kappa shape index (κ1) is 18.8. The Hall–Kier alpha value is -2.57. The molecular formula is C17H12Cl2FNO4. The molecule has 1 unspecified atom stereocenters. The van der Waals surface area contributed by atoms with E-state index in [9.17, 15) is 19.1 Å². The van der Waals surface area contributed by atoms with E-state index in [1.54, 1.807) is 0 Å². The van der Waals surface area contributed by atoms with Crippen LogP contribution in [0.3, 0.4) is 0 Å². The van der Waals surface area contributed by atoms with Gasteiger partial charge in [-0.15, -0.1) is 0 Å². The first-order chi connectivity index (χ1) is 11.8. The van der Waals surface area contributed by atoms with Crippen LogP contribution in [0.2, 0.25) is 10.0 Å². The quantitative estimate of drug-likeness (QED) is 0.773. The van der Waals surface area contributed by atoms with Gasteiger partial charge in [-0.05, 0) is 35.9 Å². The number of nitrogens with one attached hydrogen (secondary N) is 1. The van der Waals surface area contributed by atoms with E-state index in [0.717, 1.165) is 12.1 Å². The fraction of sp³-hybridized carbons (Fsp3) is 0.0588. The van der Waals surface area contributed by atoms with Gasteiger partial charge >= 0.3 is 12.1 Å². The van der Waals surface area contributed by atoms with Crippen LogP contribution in [0.15, 0.2) is 49.0 Å². The van der Waals surface area contributed by atoms with E-state index < -0.39 is 24.0 Å². The molecular weight excluding hydrogens is 372 g/mol. The smallest absolute Gasteiger partial charge is 0.412 e. The van der Waals surface area contributed by atoms with Crippen LogP contribution in [0.25, 0.3) is 5.57 Å². The summed E-state index contributed by atoms with van der Waals surface area (Å²) in [4.78, 5) is 23.4. The molecule has 2 rings (SSSR count). The molecule has 0 aliphatic heterocycles. The van der Waals surface area contributed by atoms with Crippen molar-refractivity contribution in [2.24, 2.45) is 0 Å². The first-order valence-corrected chi connectivity index (χ1v) is 7.63. The maximum absolute atomic E-state index is 13.0. The number of rotatable bonds is 5. The summed E-state index contributed by atoms with van der Waals surface area (Å²) in [6.45, 7) is 3.61. The molecule has 0 spiro atoms. The number of ether oxygens (including phenoxy) is 1. The van der Waals surface area contributed by atoms with E-state index in [2.05, 4.69) is 11.9 Å². The minimum absolute atomic E-state index is 0.00761. The largest absolute Gasteiger partial charge is 0.478 e. The Bertz CT molecular complexity index is 804. The molecule has 1 amide bonds. The molecule has 0 saturated heterocycles. The predicted octanol–water partition coefficient (Wildman–Crippen LogP) is 4.85. The van der Waals surface area contributed by atoms with Crippen LogP contribution in [0, 0.1) is 5.82 Å². The van der Waals surface area contributed by atoms with Crippen LogP contribution in [0.4, 0.5) is 14.9 Å². The van der Waals surface area contributed by atoms with Gasteiger partial charge in [0.25, 0.3) is 0 Å². The van der Waals surface area contributed by atoms with Crippen LogP contribution in [-0.4, -0.2) is 23.3 Å². The summed E-state index contributed by atoms with van der Waals surface area (Å²) >= 11 is 11.6. The fourth-order valence-electron chi connectivity index (χ4n) is 1.97. The monoisotopic (exact) mass is 383 g/mol. The molecule has 2 aromatic rings. The number of hydrogen-bond donors (Lipinski definition) is 2. The van der Waals surface area contributed by atoms with Crippen molar-refractivity contribution in [2.45, 2.75) is 6.10 Å². The van der Waals surface area contributed by atoms with Gasteiger partial charge in [-0.2, -0.15) is 0 Å². The number of halogens is 3. The maximum atomic E-state index is 13.0. The molecule has 0 bridgehead atoms. The van der Waals surface area contributed by atoms with E-state index in [1.165, 1.54) is 30.3 Å². The Kier molecular flexibility index (Phi) is 6.01. The van der Waals surface area contributed by atoms with Gasteiger partial charge < -0.3 is 9.84 Å². The fourth-order valence-corrected chi connectivity index (χ4v) is 2.49. The van der Waals surface area contributed by atoms with Gasteiger partial charge in [0.05, 0.1) is 0 Å². The van der Waals surface area contributed by atoms with Crippen LogP contribution < -0.4 is 5.32 Å². The number of anilines is 1. The summed E-state index contributed by atoms with van der Waals surface area (Å²) in [5.74, 6) is -1.91. The lowest BCUT2D eigenvalue weighted by Crippen LogP contribution is -2.30. The molecule has 0 radical (unpaired) electrons. The summed E-state index contributed by atoms with van der Waals surface area (Å²) in [6, 6.07) is 9.27. The minimum atomic E-state index is -1.65. The third-order valence-corrected chi connectivity index (χ3v) is 3.53. The lowest BCUT2D eigenvalue weighted by atomic mass is 10.0. The average Bonchev–Trinajstić information content (AvgIpc) is 2.51. The standard InChI is InChI=1S/C17H12Cl2FNO4/c1-9(10-2-4-13(20)5-3-10)15(16(22)23)25-17(24)21-14-7-11(18)6-12(19)8-14/h2-8,15H,1H2,(H,21,24)(H,22,23). The Labute approximate surface area is 152 Å². The van der Waals surface area contributed by atoms with E-state index in [-0.39, 0.29) is 21.3 Å². The topological polar surface area (TPSA) is 75.6 Å². The van der Waals surface area contributed by atoms with Crippen LogP contribution in [0.5, 0.6) is 0 Å². The predicted molar refractivity (Wildman–Crippen MR) is 93.4 cm³/mol. The van der Waals surface area contributed by atoms with E-state index in [1.807, 2.05) is 0 Å². The van der Waals surface area contributed by atoms with Crippen molar-refractivity contribution >= 4 is 46.5 Å². The Morgan fingerprint density at radius 3 is 2.20 bits per heavy atom. The molecule has 8 heteroatoms. The number of carboxylic acids is 1. The molecule has 0 saturated carbocycles. The summed E-state index contributed by atoms with van der Waals surface area (Å²) in [7, 11) is 0. The number of carbonyl (C=O) groups excluding carboxylic acids is 1. The molecule has 0 fully saturated rings.